The number of hydrogen-bond donors (Lipinski definition) is 0. The Morgan fingerprint density at radius 3 is 2.77 bits per heavy atom. The van der Waals surface area contributed by atoms with Crippen LogP contribution in [0, 0.1) is 5.82 Å². The lowest BCUT2D eigenvalue weighted by Crippen LogP contribution is -2.03. The Morgan fingerprint density at radius 1 is 1.54 bits per heavy atom. The van der Waals surface area contributed by atoms with Crippen molar-refractivity contribution in [2.24, 2.45) is 0 Å². The van der Waals surface area contributed by atoms with Gasteiger partial charge in [-0.25, -0.2) is 4.39 Å². The summed E-state index contributed by atoms with van der Waals surface area (Å²) in [6, 6.07) is 1.71. The first-order valence-corrected chi connectivity index (χ1v) is 4.78. The van der Waals surface area contributed by atoms with Gasteiger partial charge in [-0.2, -0.15) is 0 Å². The summed E-state index contributed by atoms with van der Waals surface area (Å²) in [4.78, 5) is 3.70. The molecular formula is C10H13ClFN. The van der Waals surface area contributed by atoms with Crippen molar-refractivity contribution in [2.45, 2.75) is 31.6 Å². The second kappa shape index (κ2) is 4.56. The highest BCUT2D eigenvalue weighted by Gasteiger charge is 2.12. The molecule has 0 amide bonds. The van der Waals surface area contributed by atoms with Crippen molar-refractivity contribution < 1.29 is 4.39 Å². The Morgan fingerprint density at radius 2 is 2.23 bits per heavy atom. The molecule has 1 nitrogen and oxygen atoms in total. The number of nitrogens with zero attached hydrogens (tertiary/aromatic N) is 1. The van der Waals surface area contributed by atoms with Gasteiger partial charge in [0, 0.05) is 11.6 Å². The third kappa shape index (κ3) is 2.96. The lowest BCUT2D eigenvalue weighted by molar-refractivity contribution is 0.567. The zero-order valence-electron chi connectivity index (χ0n) is 7.80. The molecule has 1 aromatic heterocycles. The normalized spacial score (nSPS) is 15.4. The molecule has 72 valence electrons. The quantitative estimate of drug-likeness (QED) is 0.684. The predicted octanol–water partition coefficient (Wildman–Crippen LogP) is 3.34. The average Bonchev–Trinajstić information content (AvgIpc) is 2.03. The van der Waals surface area contributed by atoms with Crippen molar-refractivity contribution in [3.63, 3.8) is 0 Å². The third-order valence-electron chi connectivity index (χ3n) is 2.01. The minimum atomic E-state index is -0.243. The van der Waals surface area contributed by atoms with Crippen molar-refractivity contribution in [2.75, 3.05) is 0 Å². The number of hydrogen-bond acceptors (Lipinski definition) is 1. The maximum Gasteiger partial charge on any atom is 0.144 e. The van der Waals surface area contributed by atoms with Crippen LogP contribution in [-0.2, 0) is 0 Å². The van der Waals surface area contributed by atoms with Crippen LogP contribution in [0.5, 0.6) is 0 Å². The van der Waals surface area contributed by atoms with E-state index in [1.54, 1.807) is 12.3 Å². The van der Waals surface area contributed by atoms with Gasteiger partial charge in [-0.05, 0) is 30.9 Å². The molecule has 0 aromatic carbocycles. The molecule has 13 heavy (non-hydrogen) atoms. The van der Waals surface area contributed by atoms with Crippen LogP contribution in [0.4, 0.5) is 4.39 Å². The molecule has 0 aliphatic rings. The summed E-state index contributed by atoms with van der Waals surface area (Å²) in [6.07, 6.45) is 3.63. The first-order valence-electron chi connectivity index (χ1n) is 4.34. The number of halogens is 2. The Hall–Kier alpha value is -0.630. The van der Waals surface area contributed by atoms with Gasteiger partial charge in [-0.3, -0.25) is 4.98 Å². The maximum atomic E-state index is 13.2. The van der Waals surface area contributed by atoms with E-state index in [0.29, 0.717) is 5.56 Å². The zero-order chi connectivity index (χ0) is 9.84. The van der Waals surface area contributed by atoms with Crippen LogP contribution in [0.15, 0.2) is 18.5 Å². The van der Waals surface area contributed by atoms with Crippen molar-refractivity contribution in [3.8, 4) is 0 Å². The second-order valence-electron chi connectivity index (χ2n) is 3.31. The van der Waals surface area contributed by atoms with E-state index in [9.17, 15) is 4.39 Å². The summed E-state index contributed by atoms with van der Waals surface area (Å²) in [5, 5.41) is 0.0718. The van der Waals surface area contributed by atoms with E-state index < -0.39 is 0 Å². The van der Waals surface area contributed by atoms with E-state index in [1.165, 1.54) is 6.20 Å². The van der Waals surface area contributed by atoms with Gasteiger partial charge in [0.15, 0.2) is 0 Å². The zero-order valence-corrected chi connectivity index (χ0v) is 8.55. The predicted molar refractivity (Wildman–Crippen MR) is 52.5 cm³/mol. The SMILES string of the molecule is CC(Cl)CC(C)c1ccncc1F. The van der Waals surface area contributed by atoms with Gasteiger partial charge in [-0.15, -0.1) is 11.6 Å². The van der Waals surface area contributed by atoms with Crippen LogP contribution in [0.25, 0.3) is 0 Å². The van der Waals surface area contributed by atoms with Gasteiger partial charge >= 0.3 is 0 Å². The minimum absolute atomic E-state index is 0.0718. The van der Waals surface area contributed by atoms with Crippen LogP contribution in [0.3, 0.4) is 0 Å². The van der Waals surface area contributed by atoms with Crippen molar-refractivity contribution in [3.05, 3.63) is 29.8 Å². The summed E-state index contributed by atoms with van der Waals surface area (Å²) >= 11 is 5.84. The molecule has 0 bridgehead atoms. The molecule has 0 N–H and O–H groups in total. The fourth-order valence-electron chi connectivity index (χ4n) is 1.40. The maximum absolute atomic E-state index is 13.2. The summed E-state index contributed by atoms with van der Waals surface area (Å²) in [5.41, 5.74) is 0.697. The highest BCUT2D eigenvalue weighted by atomic mass is 35.5. The van der Waals surface area contributed by atoms with Gasteiger partial charge in [0.05, 0.1) is 6.20 Å². The van der Waals surface area contributed by atoms with E-state index >= 15 is 0 Å². The Kier molecular flexibility index (Phi) is 3.67. The summed E-state index contributed by atoms with van der Waals surface area (Å²) in [7, 11) is 0. The highest BCUT2D eigenvalue weighted by Crippen LogP contribution is 2.24. The lowest BCUT2D eigenvalue weighted by atomic mass is 9.97. The van der Waals surface area contributed by atoms with Crippen molar-refractivity contribution in [1.82, 2.24) is 4.98 Å². The lowest BCUT2D eigenvalue weighted by Gasteiger charge is -2.13. The molecule has 3 heteroatoms. The number of pyridine rings is 1. The van der Waals surface area contributed by atoms with Gasteiger partial charge < -0.3 is 0 Å². The summed E-state index contributed by atoms with van der Waals surface area (Å²) in [5.74, 6) is -0.0946. The Bertz CT molecular complexity index is 275. The smallest absolute Gasteiger partial charge is 0.144 e. The largest absolute Gasteiger partial charge is 0.262 e. The van der Waals surface area contributed by atoms with E-state index in [4.69, 9.17) is 11.6 Å². The highest BCUT2D eigenvalue weighted by molar-refractivity contribution is 6.20. The van der Waals surface area contributed by atoms with E-state index in [-0.39, 0.29) is 17.1 Å². The monoisotopic (exact) mass is 201 g/mol. The molecule has 0 saturated carbocycles. The standard InChI is InChI=1S/C10H13ClFN/c1-7(5-8(2)11)9-3-4-13-6-10(9)12/h3-4,6-8H,5H2,1-2H3. The van der Waals surface area contributed by atoms with Crippen molar-refractivity contribution in [1.29, 1.82) is 0 Å². The van der Waals surface area contributed by atoms with E-state index in [0.717, 1.165) is 6.42 Å². The van der Waals surface area contributed by atoms with Gasteiger partial charge in [-0.1, -0.05) is 6.92 Å². The van der Waals surface area contributed by atoms with Crippen LogP contribution in [0.2, 0.25) is 0 Å². The Labute approximate surface area is 82.9 Å². The first-order chi connectivity index (χ1) is 6.11. The molecule has 0 saturated heterocycles. The molecule has 0 aliphatic heterocycles. The van der Waals surface area contributed by atoms with Gasteiger partial charge in [0.1, 0.15) is 5.82 Å². The summed E-state index contributed by atoms with van der Waals surface area (Å²) in [6.45, 7) is 3.88. The second-order valence-corrected chi connectivity index (χ2v) is 4.06. The topological polar surface area (TPSA) is 12.9 Å². The van der Waals surface area contributed by atoms with Crippen LogP contribution < -0.4 is 0 Å². The first kappa shape index (κ1) is 10.5. The van der Waals surface area contributed by atoms with Gasteiger partial charge in [0.25, 0.3) is 0 Å². The summed E-state index contributed by atoms with van der Waals surface area (Å²) < 4.78 is 13.2. The molecule has 0 spiro atoms. The number of rotatable bonds is 3. The van der Waals surface area contributed by atoms with Crippen molar-refractivity contribution >= 4 is 11.6 Å². The fraction of sp³-hybridized carbons (Fsp3) is 0.500. The molecule has 1 aromatic rings. The molecule has 1 heterocycles. The van der Waals surface area contributed by atoms with Gasteiger partial charge in [0.2, 0.25) is 0 Å². The average molecular weight is 202 g/mol. The molecule has 2 atom stereocenters. The molecule has 1 rings (SSSR count). The van der Waals surface area contributed by atoms with E-state index in [2.05, 4.69) is 4.98 Å². The molecule has 0 fully saturated rings. The molecule has 2 unspecified atom stereocenters. The minimum Gasteiger partial charge on any atom is -0.262 e. The number of alkyl halides is 1. The number of aromatic nitrogens is 1. The Balaban J connectivity index is 2.76. The third-order valence-corrected chi connectivity index (χ3v) is 2.19. The molecule has 0 aliphatic carbocycles. The molecule has 0 radical (unpaired) electrons. The van der Waals surface area contributed by atoms with Crippen LogP contribution >= 0.6 is 11.6 Å². The molecular weight excluding hydrogens is 189 g/mol. The van der Waals surface area contributed by atoms with Crippen LogP contribution in [0.1, 0.15) is 31.7 Å². The fourth-order valence-corrected chi connectivity index (χ4v) is 1.67. The van der Waals surface area contributed by atoms with Crippen LogP contribution in [-0.4, -0.2) is 10.4 Å². The van der Waals surface area contributed by atoms with E-state index in [1.807, 2.05) is 13.8 Å².